The van der Waals surface area contributed by atoms with Crippen LogP contribution in [0.3, 0.4) is 0 Å². The molecule has 1 heterocycles. The quantitative estimate of drug-likeness (QED) is 0.810. The molecule has 1 aromatic carbocycles. The van der Waals surface area contributed by atoms with Crippen LogP contribution in [0, 0.1) is 0 Å². The molecule has 5 heteroatoms. The lowest BCUT2D eigenvalue weighted by Crippen LogP contribution is -2.23. The van der Waals surface area contributed by atoms with Gasteiger partial charge in [0.2, 0.25) is 11.7 Å². The van der Waals surface area contributed by atoms with Crippen molar-refractivity contribution < 1.29 is 4.52 Å². The van der Waals surface area contributed by atoms with Gasteiger partial charge >= 0.3 is 0 Å². The molecule has 0 radical (unpaired) electrons. The monoisotopic (exact) mass is 279 g/mol. The molecular formula is C14H18ClN3O. The molecule has 0 saturated heterocycles. The second kappa shape index (κ2) is 6.68. The molecule has 0 spiro atoms. The molecule has 0 aliphatic rings. The largest absolute Gasteiger partial charge is 0.338 e. The van der Waals surface area contributed by atoms with Crippen molar-refractivity contribution in [2.45, 2.75) is 26.8 Å². The van der Waals surface area contributed by atoms with E-state index in [1.807, 2.05) is 24.3 Å². The lowest BCUT2D eigenvalue weighted by molar-refractivity contribution is 0.236. The molecule has 0 unspecified atom stereocenters. The summed E-state index contributed by atoms with van der Waals surface area (Å²) < 4.78 is 5.29. The Bertz CT molecular complexity index is 510. The molecule has 0 saturated carbocycles. The summed E-state index contributed by atoms with van der Waals surface area (Å²) in [5.41, 5.74) is 0.915. The molecule has 0 atom stereocenters. The van der Waals surface area contributed by atoms with Gasteiger partial charge in [-0.15, -0.1) is 0 Å². The summed E-state index contributed by atoms with van der Waals surface area (Å²) in [5.74, 6) is 1.26. The number of hydrogen-bond donors (Lipinski definition) is 0. The van der Waals surface area contributed by atoms with Gasteiger partial charge in [0, 0.05) is 10.6 Å². The summed E-state index contributed by atoms with van der Waals surface area (Å²) >= 11 is 5.86. The van der Waals surface area contributed by atoms with E-state index >= 15 is 0 Å². The van der Waals surface area contributed by atoms with Crippen LogP contribution in [0.5, 0.6) is 0 Å². The fourth-order valence-corrected chi connectivity index (χ4v) is 2.02. The summed E-state index contributed by atoms with van der Waals surface area (Å²) in [5, 5.41) is 4.71. The highest BCUT2D eigenvalue weighted by molar-refractivity contribution is 6.30. The van der Waals surface area contributed by atoms with Crippen molar-refractivity contribution in [1.29, 1.82) is 0 Å². The molecule has 0 aliphatic heterocycles. The number of hydrogen-bond acceptors (Lipinski definition) is 4. The van der Waals surface area contributed by atoms with Crippen LogP contribution in [0.4, 0.5) is 0 Å². The van der Waals surface area contributed by atoms with Crippen molar-refractivity contribution in [2.24, 2.45) is 0 Å². The third kappa shape index (κ3) is 3.78. The van der Waals surface area contributed by atoms with Crippen LogP contribution in [0.1, 0.15) is 26.2 Å². The average Bonchev–Trinajstić information content (AvgIpc) is 2.87. The van der Waals surface area contributed by atoms with E-state index in [4.69, 9.17) is 16.1 Å². The molecule has 0 fully saturated rings. The highest BCUT2D eigenvalue weighted by Crippen LogP contribution is 2.19. The number of benzene rings is 1. The van der Waals surface area contributed by atoms with Gasteiger partial charge in [-0.1, -0.05) is 30.6 Å². The maximum absolute atomic E-state index is 5.86. The molecule has 2 aromatic rings. The van der Waals surface area contributed by atoms with Gasteiger partial charge in [-0.2, -0.15) is 4.98 Å². The van der Waals surface area contributed by atoms with Gasteiger partial charge in [-0.3, -0.25) is 4.90 Å². The van der Waals surface area contributed by atoms with Crippen molar-refractivity contribution in [2.75, 3.05) is 13.1 Å². The Morgan fingerprint density at radius 3 is 2.58 bits per heavy atom. The lowest BCUT2D eigenvalue weighted by Gasteiger charge is -2.16. The highest BCUT2D eigenvalue weighted by Gasteiger charge is 2.11. The Morgan fingerprint density at radius 1 is 1.21 bits per heavy atom. The molecule has 102 valence electrons. The lowest BCUT2D eigenvalue weighted by atomic mass is 10.2. The Morgan fingerprint density at radius 2 is 1.95 bits per heavy atom. The van der Waals surface area contributed by atoms with Crippen molar-refractivity contribution in [1.82, 2.24) is 15.0 Å². The standard InChI is InChI=1S/C14H18ClN3O/c1-3-9-18(4-2)10-13-16-14(17-19-13)11-5-7-12(15)8-6-11/h5-8H,3-4,9-10H2,1-2H3. The van der Waals surface area contributed by atoms with Crippen molar-refractivity contribution in [3.63, 3.8) is 0 Å². The third-order valence-corrected chi connectivity index (χ3v) is 3.17. The fourth-order valence-electron chi connectivity index (χ4n) is 1.89. The molecule has 0 amide bonds. The summed E-state index contributed by atoms with van der Waals surface area (Å²) in [6, 6.07) is 7.42. The highest BCUT2D eigenvalue weighted by atomic mass is 35.5. The smallest absolute Gasteiger partial charge is 0.241 e. The Labute approximate surface area is 118 Å². The van der Waals surface area contributed by atoms with Crippen molar-refractivity contribution in [3.8, 4) is 11.4 Å². The van der Waals surface area contributed by atoms with Crippen LogP contribution in [-0.2, 0) is 6.54 Å². The first-order valence-corrected chi connectivity index (χ1v) is 6.91. The van der Waals surface area contributed by atoms with E-state index in [1.165, 1.54) is 0 Å². The maximum atomic E-state index is 5.86. The second-order valence-electron chi connectivity index (χ2n) is 4.39. The molecule has 0 N–H and O–H groups in total. The Balaban J connectivity index is 2.08. The maximum Gasteiger partial charge on any atom is 0.241 e. The van der Waals surface area contributed by atoms with Gasteiger partial charge in [-0.25, -0.2) is 0 Å². The third-order valence-electron chi connectivity index (χ3n) is 2.92. The van der Waals surface area contributed by atoms with E-state index in [2.05, 4.69) is 28.9 Å². The summed E-state index contributed by atoms with van der Waals surface area (Å²) in [7, 11) is 0. The van der Waals surface area contributed by atoms with E-state index in [9.17, 15) is 0 Å². The van der Waals surface area contributed by atoms with Gasteiger partial charge in [0.25, 0.3) is 0 Å². The van der Waals surface area contributed by atoms with Gasteiger partial charge in [0.15, 0.2) is 0 Å². The first-order chi connectivity index (χ1) is 9.22. The van der Waals surface area contributed by atoms with Gasteiger partial charge in [0.1, 0.15) is 0 Å². The minimum Gasteiger partial charge on any atom is -0.338 e. The molecule has 0 aliphatic carbocycles. The van der Waals surface area contributed by atoms with E-state index in [-0.39, 0.29) is 0 Å². The number of aromatic nitrogens is 2. The van der Waals surface area contributed by atoms with Gasteiger partial charge in [0.05, 0.1) is 6.54 Å². The van der Waals surface area contributed by atoms with Gasteiger partial charge < -0.3 is 4.52 Å². The van der Waals surface area contributed by atoms with Crippen LogP contribution in [0.25, 0.3) is 11.4 Å². The topological polar surface area (TPSA) is 42.2 Å². The zero-order valence-electron chi connectivity index (χ0n) is 11.3. The number of rotatable bonds is 6. The normalized spacial score (nSPS) is 11.2. The predicted octanol–water partition coefficient (Wildman–Crippen LogP) is 3.62. The molecule has 4 nitrogen and oxygen atoms in total. The molecule has 2 rings (SSSR count). The Kier molecular flexibility index (Phi) is 4.93. The second-order valence-corrected chi connectivity index (χ2v) is 4.82. The Hall–Kier alpha value is -1.39. The van der Waals surface area contributed by atoms with Crippen molar-refractivity contribution >= 4 is 11.6 Å². The summed E-state index contributed by atoms with van der Waals surface area (Å²) in [4.78, 5) is 6.69. The predicted molar refractivity (Wildman–Crippen MR) is 76.0 cm³/mol. The van der Waals surface area contributed by atoms with E-state index in [0.29, 0.717) is 23.3 Å². The van der Waals surface area contributed by atoms with Crippen LogP contribution in [-0.4, -0.2) is 28.1 Å². The van der Waals surface area contributed by atoms with Crippen molar-refractivity contribution in [3.05, 3.63) is 35.2 Å². The molecule has 1 aromatic heterocycles. The van der Waals surface area contributed by atoms with Gasteiger partial charge in [-0.05, 0) is 43.8 Å². The number of nitrogens with zero attached hydrogens (tertiary/aromatic N) is 3. The minimum absolute atomic E-state index is 0.610. The van der Waals surface area contributed by atoms with Crippen LogP contribution in [0.2, 0.25) is 5.02 Å². The first-order valence-electron chi connectivity index (χ1n) is 6.53. The minimum atomic E-state index is 0.610. The average molecular weight is 280 g/mol. The zero-order valence-corrected chi connectivity index (χ0v) is 12.0. The van der Waals surface area contributed by atoms with E-state index in [0.717, 1.165) is 25.1 Å². The fraction of sp³-hybridized carbons (Fsp3) is 0.429. The summed E-state index contributed by atoms with van der Waals surface area (Å²) in [6.07, 6.45) is 1.12. The van der Waals surface area contributed by atoms with E-state index in [1.54, 1.807) is 0 Å². The van der Waals surface area contributed by atoms with Crippen LogP contribution in [0.15, 0.2) is 28.8 Å². The molecule has 19 heavy (non-hydrogen) atoms. The molecule has 0 bridgehead atoms. The summed E-state index contributed by atoms with van der Waals surface area (Å²) in [6.45, 7) is 7.01. The van der Waals surface area contributed by atoms with Crippen LogP contribution < -0.4 is 0 Å². The zero-order chi connectivity index (χ0) is 13.7. The van der Waals surface area contributed by atoms with Crippen LogP contribution >= 0.6 is 11.6 Å². The molecular weight excluding hydrogens is 262 g/mol. The first kappa shape index (κ1) is 14.0. The van der Waals surface area contributed by atoms with E-state index < -0.39 is 0 Å². The number of halogens is 1. The SMILES string of the molecule is CCCN(CC)Cc1nc(-c2ccc(Cl)cc2)no1.